The minimum absolute atomic E-state index is 0.158. The summed E-state index contributed by atoms with van der Waals surface area (Å²) in [7, 11) is 0. The number of fused-ring (bicyclic) bond motifs is 1. The Morgan fingerprint density at radius 2 is 1.94 bits per heavy atom. The molecule has 0 amide bonds. The van der Waals surface area contributed by atoms with Gasteiger partial charge in [0.05, 0.1) is 22.0 Å². The molecule has 1 aliphatic heterocycles. The van der Waals surface area contributed by atoms with E-state index in [-0.39, 0.29) is 21.1 Å². The SMILES string of the molecule is CCN1C(=CC(=CCC(=O)O)c2sc(=S)n(CC(=O)O)c2O)Sc2ccc(OC(C)=O)cc21. The largest absolute Gasteiger partial charge is 0.493 e. The fourth-order valence-electron chi connectivity index (χ4n) is 3.15. The highest BCUT2D eigenvalue weighted by Gasteiger charge is 2.26. The summed E-state index contributed by atoms with van der Waals surface area (Å²) in [6.45, 7) is 3.32. The lowest BCUT2D eigenvalue weighted by atomic mass is 10.1. The molecule has 2 aromatic rings. The molecule has 2 heterocycles. The maximum Gasteiger partial charge on any atom is 0.323 e. The Kier molecular flexibility index (Phi) is 7.61. The number of anilines is 1. The van der Waals surface area contributed by atoms with Crippen LogP contribution in [0.3, 0.4) is 0 Å². The van der Waals surface area contributed by atoms with Gasteiger partial charge in [0.1, 0.15) is 12.3 Å². The zero-order valence-corrected chi connectivity index (χ0v) is 20.1. The molecule has 12 heteroatoms. The van der Waals surface area contributed by atoms with Crippen LogP contribution in [-0.2, 0) is 20.9 Å². The molecule has 0 saturated heterocycles. The lowest BCUT2D eigenvalue weighted by Crippen LogP contribution is -2.16. The lowest BCUT2D eigenvalue weighted by Gasteiger charge is -2.19. The molecular formula is C21H20N2O7S3. The van der Waals surface area contributed by atoms with Crippen LogP contribution in [0.2, 0.25) is 0 Å². The second-order valence-electron chi connectivity index (χ2n) is 6.81. The number of carboxylic acids is 2. The minimum Gasteiger partial charge on any atom is -0.493 e. The van der Waals surface area contributed by atoms with Gasteiger partial charge in [-0.05, 0) is 42.9 Å². The van der Waals surface area contributed by atoms with Crippen molar-refractivity contribution >= 4 is 64.5 Å². The second kappa shape index (κ2) is 10.2. The number of carbonyl (C=O) groups excluding carboxylic acids is 1. The molecule has 0 aliphatic carbocycles. The molecule has 0 bridgehead atoms. The number of aromatic hydroxyl groups is 1. The number of hydrogen-bond donors (Lipinski definition) is 3. The number of thiazole rings is 1. The third kappa shape index (κ3) is 5.64. The first-order valence-electron chi connectivity index (χ1n) is 9.67. The van der Waals surface area contributed by atoms with Crippen molar-refractivity contribution in [3.05, 3.63) is 44.2 Å². The van der Waals surface area contributed by atoms with E-state index in [2.05, 4.69) is 0 Å². The fraction of sp³-hybridized carbons (Fsp3) is 0.238. The maximum atomic E-state index is 11.3. The van der Waals surface area contributed by atoms with Gasteiger partial charge in [-0.3, -0.25) is 19.0 Å². The van der Waals surface area contributed by atoms with E-state index in [4.69, 9.17) is 22.1 Å². The third-order valence-corrected chi connectivity index (χ3v) is 7.08. The van der Waals surface area contributed by atoms with E-state index < -0.39 is 24.5 Å². The van der Waals surface area contributed by atoms with Crippen molar-refractivity contribution in [1.82, 2.24) is 4.57 Å². The van der Waals surface area contributed by atoms with Crippen LogP contribution in [0, 0.1) is 3.95 Å². The quantitative estimate of drug-likeness (QED) is 0.269. The van der Waals surface area contributed by atoms with Crippen molar-refractivity contribution < 1.29 is 34.4 Å². The summed E-state index contributed by atoms with van der Waals surface area (Å²) in [5.74, 6) is -2.57. The van der Waals surface area contributed by atoms with Crippen molar-refractivity contribution in [2.75, 3.05) is 11.4 Å². The monoisotopic (exact) mass is 508 g/mol. The molecule has 0 saturated carbocycles. The Hall–Kier alpha value is -3.09. The second-order valence-corrected chi connectivity index (χ2v) is 9.52. The topological polar surface area (TPSA) is 129 Å². The number of rotatable bonds is 8. The van der Waals surface area contributed by atoms with Crippen LogP contribution in [0.1, 0.15) is 25.1 Å². The highest BCUT2D eigenvalue weighted by molar-refractivity contribution is 8.03. The summed E-state index contributed by atoms with van der Waals surface area (Å²) in [5, 5.41) is 29.7. The molecule has 3 N–H and O–H groups in total. The summed E-state index contributed by atoms with van der Waals surface area (Å²) >= 11 is 7.64. The predicted octanol–water partition coefficient (Wildman–Crippen LogP) is 4.33. The van der Waals surface area contributed by atoms with Gasteiger partial charge in [-0.15, -0.1) is 11.3 Å². The summed E-state index contributed by atoms with van der Waals surface area (Å²) in [6.07, 6.45) is 2.87. The number of aromatic nitrogens is 1. The zero-order chi connectivity index (χ0) is 24.3. The van der Waals surface area contributed by atoms with Gasteiger partial charge >= 0.3 is 17.9 Å². The Balaban J connectivity index is 2.06. The van der Waals surface area contributed by atoms with Gasteiger partial charge in [-0.2, -0.15) is 0 Å². The highest BCUT2D eigenvalue weighted by Crippen LogP contribution is 2.48. The Morgan fingerprint density at radius 1 is 1.21 bits per heavy atom. The molecule has 33 heavy (non-hydrogen) atoms. The van der Waals surface area contributed by atoms with Crippen molar-refractivity contribution in [3.63, 3.8) is 0 Å². The summed E-state index contributed by atoms with van der Waals surface area (Å²) < 4.78 is 6.43. The van der Waals surface area contributed by atoms with E-state index in [1.165, 1.54) is 24.8 Å². The number of aliphatic carboxylic acids is 2. The number of carbonyl (C=O) groups is 3. The molecule has 3 rings (SSSR count). The number of thioether (sulfide) groups is 1. The Morgan fingerprint density at radius 3 is 2.55 bits per heavy atom. The van der Waals surface area contributed by atoms with Crippen LogP contribution in [0.25, 0.3) is 5.57 Å². The molecule has 1 aliphatic rings. The van der Waals surface area contributed by atoms with Crippen molar-refractivity contribution in [1.29, 1.82) is 0 Å². The Bertz CT molecular complexity index is 1240. The van der Waals surface area contributed by atoms with E-state index in [0.717, 1.165) is 31.5 Å². The minimum atomic E-state index is -1.16. The van der Waals surface area contributed by atoms with Gasteiger partial charge in [0.15, 0.2) is 3.95 Å². The molecule has 0 unspecified atom stereocenters. The van der Waals surface area contributed by atoms with Crippen LogP contribution in [0.15, 0.2) is 40.3 Å². The third-order valence-electron chi connectivity index (χ3n) is 4.48. The van der Waals surface area contributed by atoms with Crippen LogP contribution in [-0.4, -0.2) is 44.3 Å². The van der Waals surface area contributed by atoms with Crippen LogP contribution < -0.4 is 9.64 Å². The van der Waals surface area contributed by atoms with E-state index in [1.54, 1.807) is 18.2 Å². The van der Waals surface area contributed by atoms with E-state index in [1.807, 2.05) is 17.9 Å². The first-order valence-corrected chi connectivity index (χ1v) is 11.7. The van der Waals surface area contributed by atoms with Crippen molar-refractivity contribution in [3.8, 4) is 11.6 Å². The van der Waals surface area contributed by atoms with Gasteiger partial charge in [0, 0.05) is 24.4 Å². The van der Waals surface area contributed by atoms with Gasteiger partial charge in [-0.1, -0.05) is 17.8 Å². The van der Waals surface area contributed by atoms with E-state index in [0.29, 0.717) is 17.9 Å². The maximum absolute atomic E-state index is 11.3. The molecule has 0 radical (unpaired) electrons. The number of hydrogen-bond acceptors (Lipinski definition) is 9. The molecule has 0 fully saturated rings. The average molecular weight is 509 g/mol. The summed E-state index contributed by atoms with van der Waals surface area (Å²) in [4.78, 5) is 36.8. The van der Waals surface area contributed by atoms with Crippen molar-refractivity contribution in [2.24, 2.45) is 0 Å². The number of nitrogens with zero attached hydrogens (tertiary/aromatic N) is 2. The van der Waals surface area contributed by atoms with Crippen LogP contribution in [0.4, 0.5) is 5.69 Å². The highest BCUT2D eigenvalue weighted by atomic mass is 32.2. The summed E-state index contributed by atoms with van der Waals surface area (Å²) in [5.41, 5.74) is 1.23. The number of esters is 1. The normalized spacial score (nSPS) is 14.4. The number of carboxylic acid groups (broad SMARTS) is 2. The number of ether oxygens (including phenoxy) is 1. The average Bonchev–Trinajstić information content (AvgIpc) is 3.21. The first kappa shape index (κ1) is 24.6. The van der Waals surface area contributed by atoms with E-state index in [9.17, 15) is 24.6 Å². The molecule has 0 spiro atoms. The first-order chi connectivity index (χ1) is 15.6. The summed E-state index contributed by atoms with van der Waals surface area (Å²) in [6, 6.07) is 5.27. The molecule has 174 valence electrons. The lowest BCUT2D eigenvalue weighted by molar-refractivity contribution is -0.138. The number of allylic oxidation sites excluding steroid dienone is 2. The molecule has 1 aromatic heterocycles. The molecule has 0 atom stereocenters. The van der Waals surface area contributed by atoms with Crippen molar-refractivity contribution in [2.45, 2.75) is 31.7 Å². The van der Waals surface area contributed by atoms with Gasteiger partial charge in [-0.25, -0.2) is 0 Å². The van der Waals surface area contributed by atoms with Gasteiger partial charge in [0.2, 0.25) is 5.88 Å². The predicted molar refractivity (Wildman–Crippen MR) is 127 cm³/mol. The smallest absolute Gasteiger partial charge is 0.323 e. The van der Waals surface area contributed by atoms with Gasteiger partial charge in [0.25, 0.3) is 0 Å². The van der Waals surface area contributed by atoms with E-state index >= 15 is 0 Å². The zero-order valence-electron chi connectivity index (χ0n) is 17.6. The fourth-order valence-corrected chi connectivity index (χ4v) is 5.61. The Labute approximate surface area is 202 Å². The molecule has 1 aromatic carbocycles. The standard InChI is InChI=1S/C21H20N2O7S3/c1-3-22-14-9-13(30-11(2)24)5-6-15(14)32-16(22)8-12(4-7-17(25)26)19-20(29)23(10-18(27)28)21(31)33-19/h4-6,8-9,29H,3,7,10H2,1-2H3,(H,25,26)(H,27,28). The van der Waals surface area contributed by atoms with Gasteiger partial charge < -0.3 is 25.0 Å². The van der Waals surface area contributed by atoms with Crippen LogP contribution >= 0.6 is 35.3 Å². The molecule has 9 nitrogen and oxygen atoms in total. The number of benzene rings is 1. The van der Waals surface area contributed by atoms with Crippen LogP contribution in [0.5, 0.6) is 11.6 Å². The molecular weight excluding hydrogens is 488 g/mol.